The summed E-state index contributed by atoms with van der Waals surface area (Å²) >= 11 is 0. The molecule has 0 spiro atoms. The van der Waals surface area contributed by atoms with Crippen LogP contribution in [0.2, 0.25) is 0 Å². The smallest absolute Gasteiger partial charge is 0.255 e. The molecule has 3 aromatic carbocycles. The number of nitrogens with two attached hydrogens (primary N) is 1. The fourth-order valence-electron chi connectivity index (χ4n) is 6.14. The van der Waals surface area contributed by atoms with Crippen molar-refractivity contribution in [1.29, 1.82) is 0 Å². The van der Waals surface area contributed by atoms with Gasteiger partial charge < -0.3 is 16.0 Å². The van der Waals surface area contributed by atoms with Gasteiger partial charge in [-0.1, -0.05) is 42.5 Å². The van der Waals surface area contributed by atoms with Gasteiger partial charge in [0.05, 0.1) is 11.4 Å². The Hall–Kier alpha value is -3.11. The van der Waals surface area contributed by atoms with Crippen molar-refractivity contribution in [2.75, 3.05) is 24.1 Å². The van der Waals surface area contributed by atoms with E-state index in [-0.39, 0.29) is 5.91 Å². The standard InChI is InChI=1S/C31H37N3O/c1-21-8-13-29(32)30(18-21)33-31(35)26-10-12-28(22(2)19-26)25-9-11-27(20-25)34-16-14-24(15-17-34)23-6-4-3-5-7-23/h3-8,10,12-13,18-19,24-25,27H,9,11,14-17,20,32H2,1-2H3,(H,33,35). The van der Waals surface area contributed by atoms with Gasteiger partial charge in [0, 0.05) is 11.6 Å². The van der Waals surface area contributed by atoms with Crippen LogP contribution in [0.3, 0.4) is 0 Å². The molecule has 0 bridgehead atoms. The second kappa shape index (κ2) is 10.2. The van der Waals surface area contributed by atoms with Crippen LogP contribution in [0.15, 0.2) is 66.7 Å². The van der Waals surface area contributed by atoms with Crippen molar-refractivity contribution in [3.8, 4) is 0 Å². The number of aryl methyl sites for hydroxylation is 2. The molecule has 4 nitrogen and oxygen atoms in total. The Balaban J connectivity index is 1.19. The lowest BCUT2D eigenvalue weighted by Crippen LogP contribution is -2.39. The van der Waals surface area contributed by atoms with E-state index >= 15 is 0 Å². The third-order valence-electron chi connectivity index (χ3n) is 8.15. The van der Waals surface area contributed by atoms with Gasteiger partial charge in [-0.3, -0.25) is 4.79 Å². The fraction of sp³-hybridized carbons (Fsp3) is 0.387. The molecule has 5 rings (SSSR count). The topological polar surface area (TPSA) is 58.4 Å². The Morgan fingerprint density at radius 3 is 2.40 bits per heavy atom. The molecule has 2 atom stereocenters. The zero-order valence-corrected chi connectivity index (χ0v) is 21.0. The number of likely N-dealkylation sites (tertiary alicyclic amines) is 1. The predicted molar refractivity (Wildman–Crippen MR) is 145 cm³/mol. The van der Waals surface area contributed by atoms with Crippen molar-refractivity contribution in [1.82, 2.24) is 4.90 Å². The molecule has 3 N–H and O–H groups in total. The number of carbonyl (C=O) groups is 1. The van der Waals surface area contributed by atoms with Gasteiger partial charge in [-0.15, -0.1) is 0 Å². The number of hydrogen-bond donors (Lipinski definition) is 2. The number of hydrogen-bond acceptors (Lipinski definition) is 3. The van der Waals surface area contributed by atoms with Crippen molar-refractivity contribution in [3.63, 3.8) is 0 Å². The maximum absolute atomic E-state index is 12.9. The van der Waals surface area contributed by atoms with Crippen LogP contribution in [-0.2, 0) is 0 Å². The normalized spacial score (nSPS) is 21.2. The quantitative estimate of drug-likeness (QED) is 0.413. The number of piperidine rings is 1. The van der Waals surface area contributed by atoms with E-state index in [0.29, 0.717) is 34.8 Å². The minimum absolute atomic E-state index is 0.109. The van der Waals surface area contributed by atoms with Gasteiger partial charge in [0.2, 0.25) is 0 Å². The number of nitrogens with zero attached hydrogens (tertiary/aromatic N) is 1. The number of carbonyl (C=O) groups excluding carboxylic acids is 1. The van der Waals surface area contributed by atoms with Gasteiger partial charge in [0.25, 0.3) is 5.91 Å². The molecule has 1 aliphatic heterocycles. The number of amides is 1. The number of nitrogens with one attached hydrogen (secondary N) is 1. The maximum atomic E-state index is 12.9. The van der Waals surface area contributed by atoms with Gasteiger partial charge in [-0.2, -0.15) is 0 Å². The first kappa shape index (κ1) is 23.6. The van der Waals surface area contributed by atoms with E-state index in [2.05, 4.69) is 53.5 Å². The molecule has 1 heterocycles. The highest BCUT2D eigenvalue weighted by atomic mass is 16.1. The van der Waals surface area contributed by atoms with E-state index in [4.69, 9.17) is 5.73 Å². The number of anilines is 2. The van der Waals surface area contributed by atoms with Crippen LogP contribution in [0.5, 0.6) is 0 Å². The van der Waals surface area contributed by atoms with Crippen LogP contribution in [0.1, 0.15) is 76.6 Å². The summed E-state index contributed by atoms with van der Waals surface area (Å²) in [5, 5.41) is 2.98. The maximum Gasteiger partial charge on any atom is 0.255 e. The summed E-state index contributed by atoms with van der Waals surface area (Å²) in [6.07, 6.45) is 6.26. The van der Waals surface area contributed by atoms with Crippen LogP contribution >= 0.6 is 0 Å². The first-order valence-electron chi connectivity index (χ1n) is 13.0. The fourth-order valence-corrected chi connectivity index (χ4v) is 6.14. The van der Waals surface area contributed by atoms with Crippen molar-refractivity contribution >= 4 is 17.3 Å². The first-order chi connectivity index (χ1) is 17.0. The van der Waals surface area contributed by atoms with E-state index in [9.17, 15) is 4.79 Å². The summed E-state index contributed by atoms with van der Waals surface area (Å²) in [6, 6.07) is 23.6. The third-order valence-corrected chi connectivity index (χ3v) is 8.15. The average molecular weight is 468 g/mol. The summed E-state index contributed by atoms with van der Waals surface area (Å²) in [7, 11) is 0. The van der Waals surface area contributed by atoms with Crippen LogP contribution in [0, 0.1) is 13.8 Å². The second-order valence-electron chi connectivity index (χ2n) is 10.5. The van der Waals surface area contributed by atoms with Gasteiger partial charge in [0.1, 0.15) is 0 Å². The molecule has 1 amide bonds. The van der Waals surface area contributed by atoms with E-state index in [1.54, 1.807) is 0 Å². The van der Waals surface area contributed by atoms with Gasteiger partial charge >= 0.3 is 0 Å². The predicted octanol–water partition coefficient (Wildman–Crippen LogP) is 6.65. The van der Waals surface area contributed by atoms with E-state index in [0.717, 1.165) is 5.56 Å². The van der Waals surface area contributed by atoms with Crippen molar-refractivity contribution in [3.05, 3.63) is 94.5 Å². The highest BCUT2D eigenvalue weighted by Crippen LogP contribution is 2.40. The van der Waals surface area contributed by atoms with Crippen LogP contribution < -0.4 is 11.1 Å². The average Bonchev–Trinajstić information content (AvgIpc) is 3.37. The Labute approximate surface area is 209 Å². The van der Waals surface area contributed by atoms with Gasteiger partial charge in [0.15, 0.2) is 0 Å². The first-order valence-corrected chi connectivity index (χ1v) is 13.0. The van der Waals surface area contributed by atoms with Gasteiger partial charge in [-0.25, -0.2) is 0 Å². The molecule has 1 saturated heterocycles. The number of nitrogen functional groups attached to an aromatic ring is 1. The molecule has 4 heteroatoms. The molecule has 2 unspecified atom stereocenters. The van der Waals surface area contributed by atoms with Crippen LogP contribution in [0.4, 0.5) is 11.4 Å². The molecular formula is C31H37N3O. The highest BCUT2D eigenvalue weighted by molar-refractivity contribution is 6.06. The summed E-state index contributed by atoms with van der Waals surface area (Å²) in [5.41, 5.74) is 13.2. The third kappa shape index (κ3) is 5.28. The Kier molecular flexibility index (Phi) is 6.92. The van der Waals surface area contributed by atoms with Crippen LogP contribution in [-0.4, -0.2) is 29.9 Å². The van der Waals surface area contributed by atoms with Crippen molar-refractivity contribution in [2.24, 2.45) is 0 Å². The van der Waals surface area contributed by atoms with E-state index in [1.165, 1.54) is 61.9 Å². The molecule has 1 saturated carbocycles. The SMILES string of the molecule is Cc1ccc(N)c(NC(=O)c2ccc(C3CCC(N4CCC(c5ccccc5)CC4)C3)c(C)c2)c1. The van der Waals surface area contributed by atoms with E-state index in [1.807, 2.05) is 37.3 Å². The minimum atomic E-state index is -0.109. The summed E-state index contributed by atoms with van der Waals surface area (Å²) < 4.78 is 0. The summed E-state index contributed by atoms with van der Waals surface area (Å²) in [5.74, 6) is 1.18. The summed E-state index contributed by atoms with van der Waals surface area (Å²) in [6.45, 7) is 6.55. The zero-order chi connectivity index (χ0) is 24.4. The highest BCUT2D eigenvalue weighted by Gasteiger charge is 2.33. The molecular weight excluding hydrogens is 430 g/mol. The molecule has 182 valence electrons. The van der Waals surface area contributed by atoms with Gasteiger partial charge in [-0.05, 0) is 117 Å². The minimum Gasteiger partial charge on any atom is -0.397 e. The van der Waals surface area contributed by atoms with Crippen molar-refractivity contribution in [2.45, 2.75) is 63.8 Å². The Morgan fingerprint density at radius 1 is 0.886 bits per heavy atom. The zero-order valence-electron chi connectivity index (χ0n) is 21.0. The lowest BCUT2D eigenvalue weighted by atomic mass is 9.88. The van der Waals surface area contributed by atoms with Crippen molar-refractivity contribution < 1.29 is 4.79 Å². The Morgan fingerprint density at radius 2 is 1.66 bits per heavy atom. The summed E-state index contributed by atoms with van der Waals surface area (Å²) in [4.78, 5) is 15.6. The van der Waals surface area contributed by atoms with Crippen LogP contribution in [0.25, 0.3) is 0 Å². The monoisotopic (exact) mass is 467 g/mol. The Bertz CT molecular complexity index is 1180. The lowest BCUT2D eigenvalue weighted by Gasteiger charge is -2.36. The molecule has 0 radical (unpaired) electrons. The lowest BCUT2D eigenvalue weighted by molar-refractivity contribution is 0.102. The molecule has 3 aromatic rings. The number of rotatable bonds is 5. The molecule has 0 aromatic heterocycles. The molecule has 2 fully saturated rings. The number of benzene rings is 3. The molecule has 35 heavy (non-hydrogen) atoms. The second-order valence-corrected chi connectivity index (χ2v) is 10.5. The molecule has 2 aliphatic rings. The largest absolute Gasteiger partial charge is 0.397 e. The molecule has 1 aliphatic carbocycles. The van der Waals surface area contributed by atoms with E-state index < -0.39 is 0 Å².